The first kappa shape index (κ1) is 11.1. The molecule has 0 aromatic carbocycles. The van der Waals surface area contributed by atoms with Gasteiger partial charge in [-0.1, -0.05) is 6.92 Å². The number of hydrogen-bond donors (Lipinski definition) is 2. The van der Waals surface area contributed by atoms with Gasteiger partial charge in [-0.25, -0.2) is 4.79 Å². The van der Waals surface area contributed by atoms with E-state index in [0.717, 1.165) is 0 Å². The molecular formula is C8H14O4. The first-order valence-electron chi connectivity index (χ1n) is 3.79. The Hall–Kier alpha value is -0.900. The summed E-state index contributed by atoms with van der Waals surface area (Å²) in [5.41, 5.74) is -1.19. The van der Waals surface area contributed by atoms with Gasteiger partial charge in [-0.2, -0.15) is 0 Å². The number of aliphatic hydroxyl groups is 1. The molecule has 12 heavy (non-hydrogen) atoms. The van der Waals surface area contributed by atoms with Crippen molar-refractivity contribution in [1.82, 2.24) is 0 Å². The molecule has 1 unspecified atom stereocenters. The van der Waals surface area contributed by atoms with Gasteiger partial charge in [-0.05, 0) is 20.3 Å². The quantitative estimate of drug-likeness (QED) is 0.606. The Morgan fingerprint density at radius 1 is 1.42 bits per heavy atom. The molecular weight excluding hydrogens is 160 g/mol. The lowest BCUT2D eigenvalue weighted by molar-refractivity contribution is -0.156. The van der Waals surface area contributed by atoms with Crippen molar-refractivity contribution in [3.63, 3.8) is 0 Å². The summed E-state index contributed by atoms with van der Waals surface area (Å²) in [4.78, 5) is 21.3. The monoisotopic (exact) mass is 174 g/mol. The average Bonchev–Trinajstić information content (AvgIpc) is 2.01. The molecule has 0 amide bonds. The van der Waals surface area contributed by atoms with E-state index in [4.69, 9.17) is 5.11 Å². The molecule has 0 bridgehead atoms. The lowest BCUT2D eigenvalue weighted by atomic mass is 9.81. The molecule has 70 valence electrons. The SMILES string of the molecule is CCC(O)C(C)(C)C(=O)C(=O)O. The van der Waals surface area contributed by atoms with Crippen LogP contribution in [0.3, 0.4) is 0 Å². The minimum absolute atomic E-state index is 0.367. The highest BCUT2D eigenvalue weighted by Crippen LogP contribution is 2.24. The Kier molecular flexibility index (Phi) is 3.39. The zero-order valence-corrected chi connectivity index (χ0v) is 7.50. The van der Waals surface area contributed by atoms with E-state index in [1.54, 1.807) is 6.92 Å². The molecule has 0 spiro atoms. The van der Waals surface area contributed by atoms with Crippen molar-refractivity contribution in [1.29, 1.82) is 0 Å². The molecule has 4 heteroatoms. The van der Waals surface area contributed by atoms with Gasteiger partial charge < -0.3 is 10.2 Å². The Balaban J connectivity index is 4.60. The molecule has 0 aliphatic carbocycles. The van der Waals surface area contributed by atoms with E-state index in [1.807, 2.05) is 0 Å². The summed E-state index contributed by atoms with van der Waals surface area (Å²) in [6.45, 7) is 4.55. The van der Waals surface area contributed by atoms with Crippen LogP contribution in [-0.4, -0.2) is 28.1 Å². The lowest BCUT2D eigenvalue weighted by Gasteiger charge is -2.25. The summed E-state index contributed by atoms with van der Waals surface area (Å²) in [6.07, 6.45) is -0.535. The van der Waals surface area contributed by atoms with Crippen LogP contribution in [-0.2, 0) is 9.59 Å². The topological polar surface area (TPSA) is 74.6 Å². The lowest BCUT2D eigenvalue weighted by Crippen LogP contribution is -2.40. The predicted molar refractivity (Wildman–Crippen MR) is 42.7 cm³/mol. The smallest absolute Gasteiger partial charge is 0.372 e. The highest BCUT2D eigenvalue weighted by molar-refractivity contribution is 6.34. The summed E-state index contributed by atoms with van der Waals surface area (Å²) < 4.78 is 0. The van der Waals surface area contributed by atoms with Gasteiger partial charge in [-0.3, -0.25) is 4.79 Å². The van der Waals surface area contributed by atoms with Crippen LogP contribution in [0.25, 0.3) is 0 Å². The molecule has 4 nitrogen and oxygen atoms in total. The Morgan fingerprint density at radius 3 is 2.08 bits per heavy atom. The minimum atomic E-state index is -1.49. The van der Waals surface area contributed by atoms with Gasteiger partial charge >= 0.3 is 5.97 Å². The fraction of sp³-hybridized carbons (Fsp3) is 0.750. The van der Waals surface area contributed by atoms with Gasteiger partial charge in [0.05, 0.1) is 11.5 Å². The standard InChI is InChI=1S/C8H14O4/c1-4-5(9)8(2,3)6(10)7(11)12/h5,9H,4H2,1-3H3,(H,11,12). The van der Waals surface area contributed by atoms with E-state index in [0.29, 0.717) is 6.42 Å². The maximum absolute atomic E-state index is 11.0. The number of aliphatic hydroxyl groups excluding tert-OH is 1. The van der Waals surface area contributed by atoms with Gasteiger partial charge in [0, 0.05) is 0 Å². The van der Waals surface area contributed by atoms with Crippen LogP contribution >= 0.6 is 0 Å². The molecule has 0 heterocycles. The molecule has 1 atom stereocenters. The molecule has 0 aliphatic heterocycles. The van der Waals surface area contributed by atoms with Gasteiger partial charge in [0.1, 0.15) is 0 Å². The Bertz CT molecular complexity index is 195. The highest BCUT2D eigenvalue weighted by Gasteiger charge is 2.38. The van der Waals surface area contributed by atoms with E-state index >= 15 is 0 Å². The van der Waals surface area contributed by atoms with Gasteiger partial charge in [0.25, 0.3) is 0 Å². The van der Waals surface area contributed by atoms with Crippen LogP contribution in [0.4, 0.5) is 0 Å². The van der Waals surface area contributed by atoms with Crippen molar-refractivity contribution in [2.45, 2.75) is 33.3 Å². The van der Waals surface area contributed by atoms with Crippen LogP contribution in [0.1, 0.15) is 27.2 Å². The number of carbonyl (C=O) groups is 2. The minimum Gasteiger partial charge on any atom is -0.475 e. The fourth-order valence-corrected chi connectivity index (χ4v) is 0.937. The van der Waals surface area contributed by atoms with E-state index < -0.39 is 23.3 Å². The summed E-state index contributed by atoms with van der Waals surface area (Å²) in [5, 5.41) is 17.7. The first-order valence-corrected chi connectivity index (χ1v) is 3.79. The van der Waals surface area contributed by atoms with Gasteiger partial charge in [-0.15, -0.1) is 0 Å². The third-order valence-corrected chi connectivity index (χ3v) is 2.00. The van der Waals surface area contributed by atoms with Crippen molar-refractivity contribution in [3.05, 3.63) is 0 Å². The number of aliphatic carboxylic acids is 1. The third-order valence-electron chi connectivity index (χ3n) is 2.00. The van der Waals surface area contributed by atoms with Crippen molar-refractivity contribution >= 4 is 11.8 Å². The molecule has 0 aromatic heterocycles. The molecule has 0 aliphatic rings. The number of carboxylic acids is 1. The number of Topliss-reactive ketones (excluding diaryl/α,β-unsaturated/α-hetero) is 1. The van der Waals surface area contributed by atoms with E-state index in [-0.39, 0.29) is 0 Å². The summed E-state index contributed by atoms with van der Waals surface area (Å²) >= 11 is 0. The maximum Gasteiger partial charge on any atom is 0.372 e. The normalized spacial score (nSPS) is 14.0. The number of rotatable bonds is 4. The number of carbonyl (C=O) groups excluding carboxylic acids is 1. The third kappa shape index (κ3) is 2.04. The van der Waals surface area contributed by atoms with Crippen molar-refractivity contribution in [2.75, 3.05) is 0 Å². The van der Waals surface area contributed by atoms with E-state index in [9.17, 15) is 14.7 Å². The fourth-order valence-electron chi connectivity index (χ4n) is 0.937. The van der Waals surface area contributed by atoms with Crippen LogP contribution in [0.15, 0.2) is 0 Å². The van der Waals surface area contributed by atoms with Crippen molar-refractivity contribution in [2.24, 2.45) is 5.41 Å². The summed E-state index contributed by atoms with van der Waals surface area (Å²) in [7, 11) is 0. The molecule has 0 radical (unpaired) electrons. The van der Waals surface area contributed by atoms with Gasteiger partial charge in [0.15, 0.2) is 0 Å². The average molecular weight is 174 g/mol. The molecule has 0 aromatic rings. The molecule has 0 saturated heterocycles. The zero-order chi connectivity index (χ0) is 9.94. The number of ketones is 1. The van der Waals surface area contributed by atoms with Gasteiger partial charge in [0.2, 0.25) is 5.78 Å². The number of carboxylic acid groups (broad SMARTS) is 1. The molecule has 0 saturated carbocycles. The highest BCUT2D eigenvalue weighted by atomic mass is 16.4. The van der Waals surface area contributed by atoms with Crippen LogP contribution in [0, 0.1) is 5.41 Å². The van der Waals surface area contributed by atoms with Crippen molar-refractivity contribution < 1.29 is 19.8 Å². The van der Waals surface area contributed by atoms with Crippen LogP contribution < -0.4 is 0 Å². The summed E-state index contributed by atoms with van der Waals surface area (Å²) in [5.74, 6) is -2.44. The van der Waals surface area contributed by atoms with E-state index in [2.05, 4.69) is 0 Å². The Morgan fingerprint density at radius 2 is 1.83 bits per heavy atom. The van der Waals surface area contributed by atoms with Crippen LogP contribution in [0.5, 0.6) is 0 Å². The zero-order valence-electron chi connectivity index (χ0n) is 7.50. The largest absolute Gasteiger partial charge is 0.475 e. The van der Waals surface area contributed by atoms with E-state index in [1.165, 1.54) is 13.8 Å². The molecule has 0 rings (SSSR count). The second kappa shape index (κ2) is 3.67. The van der Waals surface area contributed by atoms with Crippen molar-refractivity contribution in [3.8, 4) is 0 Å². The first-order chi connectivity index (χ1) is 5.34. The number of hydrogen-bond acceptors (Lipinski definition) is 3. The Labute approximate surface area is 71.2 Å². The second-order valence-corrected chi connectivity index (χ2v) is 3.28. The predicted octanol–water partition coefficient (Wildman–Crippen LogP) is 0.437. The second-order valence-electron chi connectivity index (χ2n) is 3.28. The summed E-state index contributed by atoms with van der Waals surface area (Å²) in [6, 6.07) is 0. The molecule has 2 N–H and O–H groups in total. The maximum atomic E-state index is 11.0. The molecule has 0 fully saturated rings. The van der Waals surface area contributed by atoms with Crippen LogP contribution in [0.2, 0.25) is 0 Å².